The van der Waals surface area contributed by atoms with Crippen molar-refractivity contribution in [3.05, 3.63) is 83.7 Å². The van der Waals surface area contributed by atoms with Crippen LogP contribution in [0.3, 0.4) is 0 Å². The van der Waals surface area contributed by atoms with Gasteiger partial charge in [0.05, 0.1) is 0 Å². The van der Waals surface area contributed by atoms with Gasteiger partial charge in [-0.25, -0.2) is 13.8 Å². The lowest BCUT2D eigenvalue weighted by molar-refractivity contribution is 0.0951. The molecule has 0 radical (unpaired) electrons. The van der Waals surface area contributed by atoms with Crippen LogP contribution in [0.4, 0.5) is 8.78 Å². The summed E-state index contributed by atoms with van der Waals surface area (Å²) in [5, 5.41) is 2.67. The highest BCUT2D eigenvalue weighted by Gasteiger charge is 2.12. The van der Waals surface area contributed by atoms with Gasteiger partial charge in [0.1, 0.15) is 5.52 Å². The maximum absolute atomic E-state index is 13.2. The van der Waals surface area contributed by atoms with Crippen LogP contribution in [0.5, 0.6) is 0 Å². The molecule has 1 amide bonds. The lowest BCUT2D eigenvalue weighted by atomic mass is 10.1. The molecule has 0 bridgehead atoms. The highest BCUT2D eigenvalue weighted by Crippen LogP contribution is 2.24. The Morgan fingerprint density at radius 1 is 1.00 bits per heavy atom. The summed E-state index contributed by atoms with van der Waals surface area (Å²) in [6, 6.07) is 12.0. The first-order valence-corrected chi connectivity index (χ1v) is 8.13. The van der Waals surface area contributed by atoms with Crippen molar-refractivity contribution in [2.75, 3.05) is 0 Å². The van der Waals surface area contributed by atoms with Crippen LogP contribution in [0.15, 0.2) is 65.3 Å². The summed E-state index contributed by atoms with van der Waals surface area (Å²) in [6.45, 7) is 0.0761. The molecule has 2 aromatic heterocycles. The van der Waals surface area contributed by atoms with Gasteiger partial charge in [-0.15, -0.1) is 0 Å². The van der Waals surface area contributed by atoms with E-state index in [4.69, 9.17) is 4.42 Å². The molecule has 27 heavy (non-hydrogen) atoms. The number of halogens is 2. The normalized spacial score (nSPS) is 10.9. The number of carbonyl (C=O) groups is 1. The SMILES string of the molecule is O=C(NCc1ccc(F)c(F)c1)c1ccc2nc(-c3ccncc3)oc2c1. The first-order chi connectivity index (χ1) is 13.1. The quantitative estimate of drug-likeness (QED) is 0.591. The average Bonchev–Trinajstić information content (AvgIpc) is 3.12. The van der Waals surface area contributed by atoms with E-state index in [-0.39, 0.29) is 12.5 Å². The first-order valence-electron chi connectivity index (χ1n) is 8.13. The number of aromatic nitrogens is 2. The van der Waals surface area contributed by atoms with Crippen LogP contribution in [0, 0.1) is 11.6 Å². The van der Waals surface area contributed by atoms with Gasteiger partial charge in [0.2, 0.25) is 5.89 Å². The van der Waals surface area contributed by atoms with Crippen molar-refractivity contribution in [3.63, 3.8) is 0 Å². The van der Waals surface area contributed by atoms with Gasteiger partial charge in [-0.2, -0.15) is 0 Å². The van der Waals surface area contributed by atoms with Gasteiger partial charge >= 0.3 is 0 Å². The Kier molecular flexibility index (Phi) is 4.33. The molecular weight excluding hydrogens is 352 g/mol. The number of oxazole rings is 1. The lowest BCUT2D eigenvalue weighted by Crippen LogP contribution is -2.22. The molecule has 2 aromatic carbocycles. The molecule has 0 aliphatic carbocycles. The van der Waals surface area contributed by atoms with Crippen molar-refractivity contribution in [3.8, 4) is 11.5 Å². The largest absolute Gasteiger partial charge is 0.436 e. The minimum Gasteiger partial charge on any atom is -0.436 e. The molecule has 0 unspecified atom stereocenters. The number of fused-ring (bicyclic) bond motifs is 1. The van der Waals surface area contributed by atoms with E-state index >= 15 is 0 Å². The van der Waals surface area contributed by atoms with Crippen LogP contribution in [0.25, 0.3) is 22.6 Å². The van der Waals surface area contributed by atoms with E-state index in [1.54, 1.807) is 42.7 Å². The van der Waals surface area contributed by atoms with Gasteiger partial charge in [-0.05, 0) is 48.0 Å². The highest BCUT2D eigenvalue weighted by atomic mass is 19.2. The minimum absolute atomic E-state index is 0.0761. The van der Waals surface area contributed by atoms with E-state index in [0.717, 1.165) is 17.7 Å². The molecule has 1 N–H and O–H groups in total. The summed E-state index contributed by atoms with van der Waals surface area (Å²) in [6.07, 6.45) is 3.28. The smallest absolute Gasteiger partial charge is 0.251 e. The zero-order valence-electron chi connectivity index (χ0n) is 13.9. The summed E-state index contributed by atoms with van der Waals surface area (Å²) in [5.41, 5.74) is 2.72. The molecule has 134 valence electrons. The van der Waals surface area contributed by atoms with Gasteiger partial charge in [-0.1, -0.05) is 6.07 Å². The number of hydrogen-bond acceptors (Lipinski definition) is 4. The molecular formula is C20H13F2N3O2. The lowest BCUT2D eigenvalue weighted by Gasteiger charge is -2.06. The molecule has 0 fully saturated rings. The molecule has 0 saturated heterocycles. The predicted molar refractivity (Wildman–Crippen MR) is 94.8 cm³/mol. The molecule has 4 aromatic rings. The topological polar surface area (TPSA) is 68.0 Å². The van der Waals surface area contributed by atoms with Crippen molar-refractivity contribution < 1.29 is 18.0 Å². The van der Waals surface area contributed by atoms with Gasteiger partial charge in [-0.3, -0.25) is 9.78 Å². The van der Waals surface area contributed by atoms with Crippen molar-refractivity contribution in [2.45, 2.75) is 6.54 Å². The summed E-state index contributed by atoms with van der Waals surface area (Å²) in [7, 11) is 0. The van der Waals surface area contributed by atoms with E-state index in [1.807, 2.05) is 0 Å². The van der Waals surface area contributed by atoms with Crippen molar-refractivity contribution >= 4 is 17.0 Å². The fourth-order valence-corrected chi connectivity index (χ4v) is 2.62. The van der Waals surface area contributed by atoms with E-state index in [2.05, 4.69) is 15.3 Å². The van der Waals surface area contributed by atoms with Crippen molar-refractivity contribution in [1.82, 2.24) is 15.3 Å². The molecule has 0 saturated carbocycles. The summed E-state index contributed by atoms with van der Waals surface area (Å²) in [5.74, 6) is -1.80. The number of nitrogens with zero attached hydrogens (tertiary/aromatic N) is 2. The number of rotatable bonds is 4. The predicted octanol–water partition coefficient (Wildman–Crippen LogP) is 4.10. The van der Waals surface area contributed by atoms with Crippen molar-refractivity contribution in [2.24, 2.45) is 0 Å². The Morgan fingerprint density at radius 3 is 2.59 bits per heavy atom. The van der Waals surface area contributed by atoms with Crippen molar-refractivity contribution in [1.29, 1.82) is 0 Å². The van der Waals surface area contributed by atoms with Crippen LogP contribution in [-0.4, -0.2) is 15.9 Å². The highest BCUT2D eigenvalue weighted by molar-refractivity contribution is 5.97. The van der Waals surface area contributed by atoms with Crippen LogP contribution in [-0.2, 0) is 6.54 Å². The Morgan fingerprint density at radius 2 is 1.81 bits per heavy atom. The number of nitrogens with one attached hydrogen (secondary N) is 1. The van der Waals surface area contributed by atoms with Crippen LogP contribution in [0.2, 0.25) is 0 Å². The summed E-state index contributed by atoms with van der Waals surface area (Å²) in [4.78, 5) is 20.7. The van der Waals surface area contributed by atoms with Crippen LogP contribution in [0.1, 0.15) is 15.9 Å². The Labute approximate surface area is 152 Å². The molecule has 0 aliphatic rings. The van der Waals surface area contributed by atoms with Gasteiger partial charge in [0.15, 0.2) is 17.2 Å². The number of benzene rings is 2. The van der Waals surface area contributed by atoms with Gasteiger partial charge in [0, 0.05) is 30.1 Å². The average molecular weight is 365 g/mol. The Bertz CT molecular complexity index is 1130. The standard InChI is InChI=1S/C20H13F2N3O2/c21-15-3-1-12(9-16(15)22)11-24-19(26)14-2-4-17-18(10-14)27-20(25-17)13-5-7-23-8-6-13/h1-10H,11H2,(H,24,26). The van der Waals surface area contributed by atoms with Gasteiger partial charge in [0.25, 0.3) is 5.91 Å². The second kappa shape index (κ2) is 6.95. The molecule has 7 heteroatoms. The Balaban J connectivity index is 1.52. The maximum atomic E-state index is 13.2. The molecule has 0 spiro atoms. The van der Waals surface area contributed by atoms with E-state index in [1.165, 1.54) is 6.07 Å². The molecule has 4 rings (SSSR count). The molecule has 2 heterocycles. The zero-order valence-corrected chi connectivity index (χ0v) is 13.9. The maximum Gasteiger partial charge on any atom is 0.251 e. The number of pyridine rings is 1. The van der Waals surface area contributed by atoms with E-state index in [0.29, 0.717) is 28.1 Å². The molecule has 0 aliphatic heterocycles. The number of carbonyl (C=O) groups excluding carboxylic acids is 1. The third-order valence-corrected chi connectivity index (χ3v) is 4.01. The second-order valence-corrected chi connectivity index (χ2v) is 5.87. The third-order valence-electron chi connectivity index (χ3n) is 4.01. The molecule has 0 atom stereocenters. The van der Waals surface area contributed by atoms with Crippen LogP contribution >= 0.6 is 0 Å². The summed E-state index contributed by atoms with van der Waals surface area (Å²) < 4.78 is 31.9. The summed E-state index contributed by atoms with van der Waals surface area (Å²) >= 11 is 0. The fourth-order valence-electron chi connectivity index (χ4n) is 2.62. The minimum atomic E-state index is -0.950. The van der Waals surface area contributed by atoms with E-state index in [9.17, 15) is 13.6 Å². The first kappa shape index (κ1) is 16.8. The number of amides is 1. The third kappa shape index (κ3) is 3.52. The number of hydrogen-bond donors (Lipinski definition) is 1. The molecule has 5 nitrogen and oxygen atoms in total. The fraction of sp³-hybridized carbons (Fsp3) is 0.0500. The van der Waals surface area contributed by atoms with E-state index < -0.39 is 11.6 Å². The zero-order chi connectivity index (χ0) is 18.8. The monoisotopic (exact) mass is 365 g/mol. The van der Waals surface area contributed by atoms with Crippen LogP contribution < -0.4 is 5.32 Å². The van der Waals surface area contributed by atoms with Gasteiger partial charge < -0.3 is 9.73 Å². The second-order valence-electron chi connectivity index (χ2n) is 5.87. The Hall–Kier alpha value is -3.61.